The molecule has 0 radical (unpaired) electrons. The van der Waals surface area contributed by atoms with Crippen LogP contribution in [0.1, 0.15) is 65.2 Å². The summed E-state index contributed by atoms with van der Waals surface area (Å²) in [7, 11) is 1.75. The molecule has 8 aliphatic heterocycles. The van der Waals surface area contributed by atoms with Gasteiger partial charge in [0.05, 0.1) is 69.0 Å². The molecule has 8 saturated heterocycles. The minimum Gasteiger partial charge on any atom is -0.455 e. The highest BCUT2D eigenvalue weighted by molar-refractivity contribution is 8.13. The van der Waals surface area contributed by atoms with E-state index in [4.69, 9.17) is 58.1 Å². The summed E-state index contributed by atoms with van der Waals surface area (Å²) in [6.45, 7) is 8.52. The fourth-order valence-electron chi connectivity index (χ4n) is 9.55. The van der Waals surface area contributed by atoms with Gasteiger partial charge < -0.3 is 47.4 Å². The van der Waals surface area contributed by atoms with Crippen molar-refractivity contribution in [3.63, 3.8) is 0 Å². The number of ether oxygens (including phenoxy) is 10. The first-order valence-electron chi connectivity index (χ1n) is 16.5. The summed E-state index contributed by atoms with van der Waals surface area (Å²) in [6.07, 6.45) is 5.41. The monoisotopic (exact) mass is 684 g/mol. The van der Waals surface area contributed by atoms with E-state index in [1.807, 2.05) is 0 Å². The van der Waals surface area contributed by atoms with Crippen LogP contribution in [0.3, 0.4) is 0 Å². The molecular formula is C32H41ClO12S. The molecule has 8 heterocycles. The molecule has 8 aliphatic rings. The number of halogens is 1. The lowest BCUT2D eigenvalue weighted by molar-refractivity contribution is -0.476. The Kier molecular flexibility index (Phi) is 6.49. The van der Waals surface area contributed by atoms with Crippen LogP contribution in [0.4, 0.5) is 0 Å². The maximum absolute atomic E-state index is 12.6. The van der Waals surface area contributed by atoms with Crippen LogP contribution in [0.25, 0.3) is 0 Å². The van der Waals surface area contributed by atoms with Crippen LogP contribution in [0, 0.1) is 0 Å². The molecule has 9 rings (SSSR count). The van der Waals surface area contributed by atoms with Gasteiger partial charge in [-0.3, -0.25) is 0 Å². The van der Waals surface area contributed by atoms with E-state index in [9.17, 15) is 8.42 Å². The van der Waals surface area contributed by atoms with Crippen molar-refractivity contribution in [2.24, 2.45) is 0 Å². The molecule has 254 valence electrons. The highest BCUT2D eigenvalue weighted by Gasteiger charge is 2.82. The van der Waals surface area contributed by atoms with Gasteiger partial charge in [0.15, 0.2) is 22.7 Å². The van der Waals surface area contributed by atoms with Gasteiger partial charge in [-0.2, -0.15) is 0 Å². The third kappa shape index (κ3) is 3.51. The quantitative estimate of drug-likeness (QED) is 0.316. The van der Waals surface area contributed by atoms with E-state index >= 15 is 0 Å². The Balaban J connectivity index is 1.12. The summed E-state index contributed by atoms with van der Waals surface area (Å²) >= 11 is 0. The van der Waals surface area contributed by atoms with Gasteiger partial charge >= 0.3 is 0 Å². The summed E-state index contributed by atoms with van der Waals surface area (Å²) in [4.78, 5) is -0.133. The van der Waals surface area contributed by atoms with Gasteiger partial charge in [0, 0.05) is 68.1 Å². The topological polar surface area (TPSA) is 126 Å². The Morgan fingerprint density at radius 3 is 1.15 bits per heavy atom. The smallest absolute Gasteiger partial charge is 0.261 e. The van der Waals surface area contributed by atoms with Crippen LogP contribution >= 0.6 is 10.7 Å². The fraction of sp³-hybridized carbons (Fsp3) is 0.812. The Labute approximate surface area is 272 Å². The zero-order valence-corrected chi connectivity index (χ0v) is 27.8. The molecule has 8 unspecified atom stereocenters. The van der Waals surface area contributed by atoms with E-state index in [0.29, 0.717) is 78.5 Å². The largest absolute Gasteiger partial charge is 0.455 e. The number of rotatable bonds is 11. The standard InChI is InChI=1S/C32H41ClO12S/c1-25(5-13-36-25)27(7-15-38-27)29(9-17-40-29)31(11-19-42-31)44-23-4-3-22(46(33,34)35)21-24(23)45-32(12-20-43-32)30(10-18-41-30)28(8-16-39-28)26(2)6-14-37-26/h3-4,21H,5-20H2,1-2H3. The first-order valence-corrected chi connectivity index (χ1v) is 18.8. The van der Waals surface area contributed by atoms with Crippen molar-refractivity contribution in [2.45, 2.75) is 115 Å². The molecule has 0 bridgehead atoms. The fourth-order valence-corrected chi connectivity index (χ4v) is 10.3. The molecular weight excluding hydrogens is 644 g/mol. The molecule has 0 aromatic heterocycles. The van der Waals surface area contributed by atoms with E-state index < -0.39 is 54.2 Å². The molecule has 0 amide bonds. The van der Waals surface area contributed by atoms with Crippen LogP contribution in [0.15, 0.2) is 23.1 Å². The molecule has 1 aromatic carbocycles. The van der Waals surface area contributed by atoms with Gasteiger partial charge in [0.2, 0.25) is 11.6 Å². The van der Waals surface area contributed by atoms with Crippen molar-refractivity contribution < 1.29 is 55.8 Å². The zero-order valence-electron chi connectivity index (χ0n) is 26.2. The normalized spacial score (nSPS) is 49.3. The predicted molar refractivity (Wildman–Crippen MR) is 158 cm³/mol. The van der Waals surface area contributed by atoms with Crippen LogP contribution in [-0.2, 0) is 46.9 Å². The van der Waals surface area contributed by atoms with Gasteiger partial charge in [-0.1, -0.05) is 0 Å². The SMILES string of the molecule is CC1(C2(C3(C4(Oc5ccc(S(=O)(=O)Cl)cc5OC5(C6(C7(C8(C)CCO8)CCO7)CCO6)CCO5)CCO4)CCO3)CCO2)CCO1. The Morgan fingerprint density at radius 2 is 0.891 bits per heavy atom. The van der Waals surface area contributed by atoms with Crippen LogP contribution in [0.5, 0.6) is 11.5 Å². The highest BCUT2D eigenvalue weighted by Crippen LogP contribution is 2.66. The Bertz CT molecular complexity index is 1510. The number of hydrogen-bond donors (Lipinski definition) is 0. The number of hydrogen-bond acceptors (Lipinski definition) is 12. The predicted octanol–water partition coefficient (Wildman–Crippen LogP) is 3.60. The molecule has 46 heavy (non-hydrogen) atoms. The third-order valence-electron chi connectivity index (χ3n) is 12.7. The lowest BCUT2D eigenvalue weighted by Crippen LogP contribution is -2.88. The Hall–Kier alpha value is -1.26. The highest BCUT2D eigenvalue weighted by atomic mass is 35.7. The summed E-state index contributed by atoms with van der Waals surface area (Å²) in [5.74, 6) is -2.10. The third-order valence-corrected chi connectivity index (χ3v) is 14.1. The first kappa shape index (κ1) is 30.8. The summed E-state index contributed by atoms with van der Waals surface area (Å²) in [6, 6.07) is 4.35. The molecule has 1 aromatic rings. The zero-order chi connectivity index (χ0) is 31.7. The van der Waals surface area contributed by atoms with Crippen LogP contribution < -0.4 is 9.47 Å². The second kappa shape index (κ2) is 9.70. The summed E-state index contributed by atoms with van der Waals surface area (Å²) in [5.41, 5.74) is -4.60. The Morgan fingerprint density at radius 1 is 0.543 bits per heavy atom. The second-order valence-electron chi connectivity index (χ2n) is 14.3. The van der Waals surface area contributed by atoms with E-state index in [-0.39, 0.29) is 16.4 Å². The first-order chi connectivity index (χ1) is 21.9. The van der Waals surface area contributed by atoms with E-state index in [1.165, 1.54) is 12.1 Å². The minimum absolute atomic E-state index is 0.133. The molecule has 0 spiro atoms. The van der Waals surface area contributed by atoms with Crippen molar-refractivity contribution in [3.8, 4) is 11.5 Å². The molecule has 12 nitrogen and oxygen atoms in total. The van der Waals surface area contributed by atoms with Crippen LogP contribution in [0.2, 0.25) is 0 Å². The van der Waals surface area contributed by atoms with Crippen molar-refractivity contribution in [3.05, 3.63) is 18.2 Å². The summed E-state index contributed by atoms with van der Waals surface area (Å²) in [5, 5.41) is 0. The van der Waals surface area contributed by atoms with Gasteiger partial charge in [0.25, 0.3) is 9.05 Å². The summed E-state index contributed by atoms with van der Waals surface area (Å²) < 4.78 is 89.8. The van der Waals surface area contributed by atoms with E-state index in [2.05, 4.69) is 13.8 Å². The molecule has 14 heteroatoms. The molecule has 8 atom stereocenters. The van der Waals surface area contributed by atoms with E-state index in [1.54, 1.807) is 6.07 Å². The minimum atomic E-state index is -4.12. The molecule has 8 fully saturated rings. The maximum Gasteiger partial charge on any atom is 0.261 e. The van der Waals surface area contributed by atoms with Gasteiger partial charge in [-0.15, -0.1) is 0 Å². The van der Waals surface area contributed by atoms with Gasteiger partial charge in [0.1, 0.15) is 11.2 Å². The lowest BCUT2D eigenvalue weighted by atomic mass is 9.57. The van der Waals surface area contributed by atoms with Crippen molar-refractivity contribution in [1.82, 2.24) is 0 Å². The molecule has 0 N–H and O–H groups in total. The van der Waals surface area contributed by atoms with Gasteiger partial charge in [-0.25, -0.2) is 8.42 Å². The second-order valence-corrected chi connectivity index (χ2v) is 16.9. The van der Waals surface area contributed by atoms with Crippen molar-refractivity contribution in [2.75, 3.05) is 52.9 Å². The lowest BCUT2D eigenvalue weighted by Gasteiger charge is -2.72. The molecule has 0 saturated carbocycles. The molecule has 0 aliphatic carbocycles. The number of benzene rings is 1. The van der Waals surface area contributed by atoms with Crippen molar-refractivity contribution in [1.29, 1.82) is 0 Å². The van der Waals surface area contributed by atoms with Crippen molar-refractivity contribution >= 4 is 19.7 Å². The average molecular weight is 685 g/mol. The maximum atomic E-state index is 12.6. The average Bonchev–Trinajstić information content (AvgIpc) is 2.83. The van der Waals surface area contributed by atoms with E-state index in [0.717, 1.165) is 25.7 Å². The van der Waals surface area contributed by atoms with Crippen LogP contribution in [-0.4, -0.2) is 106 Å². The van der Waals surface area contributed by atoms with Gasteiger partial charge in [-0.05, 0) is 26.0 Å².